The minimum Gasteiger partial charge on any atom is -0.394 e. The summed E-state index contributed by atoms with van der Waals surface area (Å²) in [6.45, 7) is 0.939. The highest BCUT2D eigenvalue weighted by Gasteiger charge is 2.26. The van der Waals surface area contributed by atoms with Crippen molar-refractivity contribution in [2.24, 2.45) is 11.7 Å². The van der Waals surface area contributed by atoms with Gasteiger partial charge in [0.1, 0.15) is 0 Å². The number of nitrogens with zero attached hydrogens (tertiary/aromatic N) is 1. The highest BCUT2D eigenvalue weighted by Crippen LogP contribution is 2.27. The van der Waals surface area contributed by atoms with Gasteiger partial charge in [0, 0.05) is 19.0 Å². The number of carbonyl (C=O) groups excluding carboxylic acids is 1. The zero-order valence-electron chi connectivity index (χ0n) is 12.6. The van der Waals surface area contributed by atoms with Crippen LogP contribution in [0, 0.1) is 5.92 Å². The molecule has 1 saturated heterocycles. The number of carbonyl (C=O) groups is 1. The second-order valence-corrected chi connectivity index (χ2v) is 6.60. The summed E-state index contributed by atoms with van der Waals surface area (Å²) < 4.78 is 0. The van der Waals surface area contributed by atoms with Gasteiger partial charge in [0.05, 0.1) is 12.6 Å². The van der Waals surface area contributed by atoms with E-state index < -0.39 is 0 Å². The number of aliphatic hydroxyl groups is 1. The van der Waals surface area contributed by atoms with Crippen molar-refractivity contribution in [3.05, 3.63) is 0 Å². The van der Waals surface area contributed by atoms with Crippen molar-refractivity contribution in [3.8, 4) is 0 Å². The summed E-state index contributed by atoms with van der Waals surface area (Å²) in [7, 11) is 0. The van der Waals surface area contributed by atoms with Crippen LogP contribution < -0.4 is 5.73 Å². The molecule has 0 bridgehead atoms. The fourth-order valence-corrected chi connectivity index (χ4v) is 3.76. The van der Waals surface area contributed by atoms with E-state index in [1.54, 1.807) is 0 Å². The Morgan fingerprint density at radius 1 is 1.15 bits per heavy atom. The Labute approximate surface area is 122 Å². The number of nitrogens with two attached hydrogens (primary N) is 1. The average molecular weight is 282 g/mol. The fourth-order valence-electron chi connectivity index (χ4n) is 3.76. The largest absolute Gasteiger partial charge is 0.394 e. The van der Waals surface area contributed by atoms with E-state index in [0.29, 0.717) is 18.4 Å². The molecular weight excluding hydrogens is 252 g/mol. The molecule has 0 radical (unpaired) electrons. The maximum atomic E-state index is 12.4. The topological polar surface area (TPSA) is 66.6 Å². The number of aliphatic hydroxyl groups excluding tert-OH is 1. The summed E-state index contributed by atoms with van der Waals surface area (Å²) in [5, 5.41) is 9.48. The molecule has 1 aliphatic carbocycles. The van der Waals surface area contributed by atoms with Crippen LogP contribution in [-0.2, 0) is 4.79 Å². The van der Waals surface area contributed by atoms with Crippen LogP contribution in [0.4, 0.5) is 0 Å². The molecule has 0 aromatic rings. The predicted molar refractivity (Wildman–Crippen MR) is 80.2 cm³/mol. The predicted octanol–water partition coefficient (Wildman–Crippen LogP) is 2.05. The first kappa shape index (κ1) is 15.8. The van der Waals surface area contributed by atoms with Crippen molar-refractivity contribution < 1.29 is 9.90 Å². The molecule has 0 spiro atoms. The Kier molecular flexibility index (Phi) is 6.30. The molecule has 3 atom stereocenters. The molecule has 0 aromatic carbocycles. The highest BCUT2D eigenvalue weighted by molar-refractivity contribution is 5.76. The highest BCUT2D eigenvalue weighted by atomic mass is 16.3. The fraction of sp³-hybridized carbons (Fsp3) is 0.938. The lowest BCUT2D eigenvalue weighted by Gasteiger charge is -2.30. The molecule has 1 amide bonds. The van der Waals surface area contributed by atoms with Gasteiger partial charge in [-0.3, -0.25) is 4.79 Å². The normalized spacial score (nSPS) is 31.9. The Morgan fingerprint density at radius 2 is 2.00 bits per heavy atom. The van der Waals surface area contributed by atoms with Gasteiger partial charge in [0.15, 0.2) is 0 Å². The molecule has 1 saturated carbocycles. The van der Waals surface area contributed by atoms with Gasteiger partial charge in [-0.1, -0.05) is 25.7 Å². The van der Waals surface area contributed by atoms with Crippen LogP contribution in [0.15, 0.2) is 0 Å². The Morgan fingerprint density at radius 3 is 2.75 bits per heavy atom. The lowest BCUT2D eigenvalue weighted by molar-refractivity contribution is -0.134. The van der Waals surface area contributed by atoms with Gasteiger partial charge in [-0.05, 0) is 38.0 Å². The van der Waals surface area contributed by atoms with Crippen LogP contribution in [0.1, 0.15) is 64.2 Å². The molecule has 4 heteroatoms. The molecule has 3 N–H and O–H groups in total. The summed E-state index contributed by atoms with van der Waals surface area (Å²) in [4.78, 5) is 14.4. The molecular formula is C16H30N2O2. The average Bonchev–Trinajstić information content (AvgIpc) is 2.70. The van der Waals surface area contributed by atoms with E-state index in [4.69, 9.17) is 5.73 Å². The van der Waals surface area contributed by atoms with E-state index in [2.05, 4.69) is 0 Å². The van der Waals surface area contributed by atoms with Gasteiger partial charge in [-0.2, -0.15) is 0 Å². The van der Waals surface area contributed by atoms with Crippen molar-refractivity contribution in [1.82, 2.24) is 4.90 Å². The van der Waals surface area contributed by atoms with Gasteiger partial charge in [0.2, 0.25) is 5.91 Å². The maximum absolute atomic E-state index is 12.4. The summed E-state index contributed by atoms with van der Waals surface area (Å²) in [5.74, 6) is 0.868. The quantitative estimate of drug-likeness (QED) is 0.829. The first-order valence-electron chi connectivity index (χ1n) is 8.36. The van der Waals surface area contributed by atoms with Gasteiger partial charge in [0.25, 0.3) is 0 Å². The van der Waals surface area contributed by atoms with Gasteiger partial charge in [-0.15, -0.1) is 0 Å². The molecule has 116 valence electrons. The van der Waals surface area contributed by atoms with Crippen LogP contribution in [-0.4, -0.2) is 41.1 Å². The monoisotopic (exact) mass is 282 g/mol. The third-order valence-corrected chi connectivity index (χ3v) is 5.00. The third kappa shape index (κ3) is 4.45. The Balaban J connectivity index is 1.80. The summed E-state index contributed by atoms with van der Waals surface area (Å²) >= 11 is 0. The molecule has 20 heavy (non-hydrogen) atoms. The zero-order chi connectivity index (χ0) is 14.4. The first-order valence-corrected chi connectivity index (χ1v) is 8.36. The van der Waals surface area contributed by atoms with Crippen LogP contribution in [0.2, 0.25) is 0 Å². The maximum Gasteiger partial charge on any atom is 0.222 e. The van der Waals surface area contributed by atoms with E-state index in [0.717, 1.165) is 45.1 Å². The number of likely N-dealkylation sites (tertiary alicyclic amines) is 1. The van der Waals surface area contributed by atoms with E-state index in [1.165, 1.54) is 19.3 Å². The molecule has 2 aliphatic rings. The van der Waals surface area contributed by atoms with E-state index in [1.807, 2.05) is 4.90 Å². The van der Waals surface area contributed by atoms with Crippen molar-refractivity contribution >= 4 is 5.91 Å². The van der Waals surface area contributed by atoms with Crippen molar-refractivity contribution in [2.45, 2.75) is 76.3 Å². The number of rotatable bonds is 4. The SMILES string of the molecule is NC1CCCC(CCC(=O)N2CCCCCC2CO)C1. The first-order chi connectivity index (χ1) is 9.70. The minimum absolute atomic E-state index is 0.0543. The number of hydrogen-bond donors (Lipinski definition) is 2. The van der Waals surface area contributed by atoms with Crippen LogP contribution in [0.3, 0.4) is 0 Å². The molecule has 2 rings (SSSR count). The van der Waals surface area contributed by atoms with Crippen molar-refractivity contribution in [1.29, 1.82) is 0 Å². The summed E-state index contributed by atoms with van der Waals surface area (Å²) in [5.41, 5.74) is 6.01. The zero-order valence-corrected chi connectivity index (χ0v) is 12.6. The number of amides is 1. The van der Waals surface area contributed by atoms with Crippen molar-refractivity contribution in [2.75, 3.05) is 13.2 Å². The third-order valence-electron chi connectivity index (χ3n) is 5.00. The molecule has 0 aromatic heterocycles. The van der Waals surface area contributed by atoms with Crippen molar-refractivity contribution in [3.63, 3.8) is 0 Å². The standard InChI is InChI=1S/C16H30N2O2/c17-14-6-4-5-13(11-14)8-9-16(20)18-10-3-1-2-7-15(18)12-19/h13-15,19H,1-12,17H2. The van der Waals surface area contributed by atoms with E-state index in [9.17, 15) is 9.90 Å². The second kappa shape index (κ2) is 7.99. The van der Waals surface area contributed by atoms with Gasteiger partial charge in [-0.25, -0.2) is 0 Å². The van der Waals surface area contributed by atoms with E-state index in [-0.39, 0.29) is 18.6 Å². The molecule has 2 fully saturated rings. The summed E-state index contributed by atoms with van der Waals surface area (Å²) in [6.07, 6.45) is 10.6. The lowest BCUT2D eigenvalue weighted by atomic mass is 9.83. The summed E-state index contributed by atoms with van der Waals surface area (Å²) in [6, 6.07) is 0.394. The molecule has 1 aliphatic heterocycles. The van der Waals surface area contributed by atoms with E-state index >= 15 is 0 Å². The Hall–Kier alpha value is -0.610. The van der Waals surface area contributed by atoms with Crippen LogP contribution in [0.25, 0.3) is 0 Å². The molecule has 1 heterocycles. The lowest BCUT2D eigenvalue weighted by Crippen LogP contribution is -2.42. The second-order valence-electron chi connectivity index (χ2n) is 6.60. The molecule has 4 nitrogen and oxygen atoms in total. The van der Waals surface area contributed by atoms with Crippen LogP contribution in [0.5, 0.6) is 0 Å². The number of hydrogen-bond acceptors (Lipinski definition) is 3. The Bertz CT molecular complexity index is 309. The molecule has 3 unspecified atom stereocenters. The minimum atomic E-state index is 0.0543. The van der Waals surface area contributed by atoms with Gasteiger partial charge < -0.3 is 15.7 Å². The smallest absolute Gasteiger partial charge is 0.222 e. The van der Waals surface area contributed by atoms with Crippen LogP contribution >= 0.6 is 0 Å². The van der Waals surface area contributed by atoms with Gasteiger partial charge >= 0.3 is 0 Å².